The molecule has 1 aromatic carbocycles. The maximum Gasteiger partial charge on any atom is 0.253 e. The molecule has 5 nitrogen and oxygen atoms in total. The molecule has 2 N–H and O–H groups in total. The number of carbonyl (C=O) groups excluding carboxylic acids is 1. The van der Waals surface area contributed by atoms with E-state index in [4.69, 9.17) is 0 Å². The molecule has 2 heterocycles. The van der Waals surface area contributed by atoms with Crippen molar-refractivity contribution in [3.63, 3.8) is 0 Å². The van der Waals surface area contributed by atoms with Crippen LogP contribution in [0.25, 0.3) is 11.3 Å². The molecule has 9 heteroatoms. The molecule has 0 saturated carbocycles. The van der Waals surface area contributed by atoms with E-state index in [0.717, 1.165) is 31.6 Å². The SMILES string of the molecule is CNC(=O)c1ccc(-c2nccnc2C2CCNCC2)cc1F.Cl.Cl.Cl. The topological polar surface area (TPSA) is 66.9 Å². The zero-order valence-corrected chi connectivity index (χ0v) is 16.6. The third-order valence-corrected chi connectivity index (χ3v) is 4.17. The van der Waals surface area contributed by atoms with Gasteiger partial charge in [0, 0.05) is 30.9 Å². The van der Waals surface area contributed by atoms with Crippen molar-refractivity contribution in [2.75, 3.05) is 20.1 Å². The van der Waals surface area contributed by atoms with Crippen molar-refractivity contribution in [2.24, 2.45) is 0 Å². The summed E-state index contributed by atoms with van der Waals surface area (Å²) >= 11 is 0. The predicted octanol–water partition coefficient (Wildman–Crippen LogP) is 3.37. The monoisotopic (exact) mass is 422 g/mol. The van der Waals surface area contributed by atoms with Crippen LogP contribution < -0.4 is 10.6 Å². The Kier molecular flexibility index (Phi) is 10.6. The van der Waals surface area contributed by atoms with E-state index in [9.17, 15) is 9.18 Å². The minimum atomic E-state index is -0.552. The van der Waals surface area contributed by atoms with Crippen molar-refractivity contribution in [1.29, 1.82) is 0 Å². The first kappa shape index (κ1) is 24.5. The lowest BCUT2D eigenvalue weighted by molar-refractivity contribution is 0.0959. The van der Waals surface area contributed by atoms with Crippen molar-refractivity contribution >= 4 is 43.1 Å². The summed E-state index contributed by atoms with van der Waals surface area (Å²) in [7, 11) is 1.48. The van der Waals surface area contributed by atoms with Crippen LogP contribution in [0.3, 0.4) is 0 Å². The van der Waals surface area contributed by atoms with E-state index in [1.807, 2.05) is 0 Å². The van der Waals surface area contributed by atoms with Crippen LogP contribution >= 0.6 is 37.2 Å². The zero-order chi connectivity index (χ0) is 16.2. The Morgan fingerprint density at radius 1 is 1.15 bits per heavy atom. The van der Waals surface area contributed by atoms with Gasteiger partial charge in [-0.05, 0) is 38.1 Å². The van der Waals surface area contributed by atoms with Crippen LogP contribution in [0.4, 0.5) is 4.39 Å². The average Bonchev–Trinajstić information content (AvgIpc) is 2.62. The second-order valence-corrected chi connectivity index (χ2v) is 5.59. The van der Waals surface area contributed by atoms with Gasteiger partial charge in [0.15, 0.2) is 0 Å². The van der Waals surface area contributed by atoms with Crippen molar-refractivity contribution in [3.8, 4) is 11.3 Å². The van der Waals surface area contributed by atoms with Crippen molar-refractivity contribution in [3.05, 3.63) is 47.7 Å². The molecule has 3 rings (SSSR count). The molecule has 1 aromatic heterocycles. The van der Waals surface area contributed by atoms with Crippen LogP contribution in [0.5, 0.6) is 0 Å². The van der Waals surface area contributed by atoms with E-state index in [2.05, 4.69) is 20.6 Å². The molecule has 2 aromatic rings. The number of piperidine rings is 1. The molecule has 0 bridgehead atoms. The summed E-state index contributed by atoms with van der Waals surface area (Å²) in [5, 5.41) is 5.76. The van der Waals surface area contributed by atoms with Crippen LogP contribution in [0.15, 0.2) is 30.6 Å². The molecule has 0 atom stereocenters. The molecule has 0 radical (unpaired) electrons. The normalized spacial score (nSPS) is 13.6. The molecule has 0 unspecified atom stereocenters. The van der Waals surface area contributed by atoms with Gasteiger partial charge < -0.3 is 10.6 Å². The summed E-state index contributed by atoms with van der Waals surface area (Å²) in [6.07, 6.45) is 5.27. The minimum Gasteiger partial charge on any atom is -0.355 e. The molecule has 26 heavy (non-hydrogen) atoms. The molecule has 0 aliphatic carbocycles. The Bertz CT molecular complexity index is 727. The fourth-order valence-corrected chi connectivity index (χ4v) is 2.95. The summed E-state index contributed by atoms with van der Waals surface area (Å²) in [5.41, 5.74) is 2.28. The van der Waals surface area contributed by atoms with Crippen LogP contribution in [0.1, 0.15) is 34.8 Å². The molecule has 0 spiro atoms. The lowest BCUT2D eigenvalue weighted by Gasteiger charge is -2.23. The van der Waals surface area contributed by atoms with Gasteiger partial charge in [-0.15, -0.1) is 37.2 Å². The molecular formula is C17H22Cl3FN4O. The number of amides is 1. The highest BCUT2D eigenvalue weighted by Crippen LogP contribution is 2.31. The van der Waals surface area contributed by atoms with E-state index < -0.39 is 11.7 Å². The number of carbonyl (C=O) groups is 1. The quantitative estimate of drug-likeness (QED) is 0.794. The smallest absolute Gasteiger partial charge is 0.253 e. The van der Waals surface area contributed by atoms with Gasteiger partial charge in [0.1, 0.15) is 5.82 Å². The third-order valence-electron chi connectivity index (χ3n) is 4.17. The maximum absolute atomic E-state index is 14.2. The number of benzene rings is 1. The second kappa shape index (κ2) is 11.3. The summed E-state index contributed by atoms with van der Waals surface area (Å²) in [5.74, 6) is -0.669. The molecule has 1 aliphatic rings. The fourth-order valence-electron chi connectivity index (χ4n) is 2.95. The van der Waals surface area contributed by atoms with E-state index in [1.54, 1.807) is 18.5 Å². The van der Waals surface area contributed by atoms with Crippen molar-refractivity contribution < 1.29 is 9.18 Å². The van der Waals surface area contributed by atoms with Gasteiger partial charge in [0.25, 0.3) is 5.91 Å². The highest BCUT2D eigenvalue weighted by Gasteiger charge is 2.22. The zero-order valence-electron chi connectivity index (χ0n) is 14.2. The van der Waals surface area contributed by atoms with Gasteiger partial charge in [-0.1, -0.05) is 6.07 Å². The summed E-state index contributed by atoms with van der Waals surface area (Å²) in [6.45, 7) is 1.90. The largest absolute Gasteiger partial charge is 0.355 e. The number of aromatic nitrogens is 2. The number of rotatable bonds is 3. The van der Waals surface area contributed by atoms with Crippen LogP contribution in [0.2, 0.25) is 0 Å². The summed E-state index contributed by atoms with van der Waals surface area (Å²) in [4.78, 5) is 20.5. The van der Waals surface area contributed by atoms with Gasteiger partial charge in [0.05, 0.1) is 17.0 Å². The maximum atomic E-state index is 14.2. The number of hydrogen-bond acceptors (Lipinski definition) is 4. The summed E-state index contributed by atoms with van der Waals surface area (Å²) < 4.78 is 14.2. The van der Waals surface area contributed by atoms with Crippen LogP contribution in [-0.2, 0) is 0 Å². The van der Waals surface area contributed by atoms with E-state index in [1.165, 1.54) is 19.2 Å². The van der Waals surface area contributed by atoms with Gasteiger partial charge in [-0.3, -0.25) is 14.8 Å². The van der Waals surface area contributed by atoms with Gasteiger partial charge in [-0.25, -0.2) is 4.39 Å². The van der Waals surface area contributed by atoms with E-state index in [0.29, 0.717) is 17.2 Å². The Labute approximate surface area is 170 Å². The number of nitrogens with zero attached hydrogens (tertiary/aromatic N) is 2. The minimum absolute atomic E-state index is 0. The van der Waals surface area contributed by atoms with Crippen LogP contribution in [-0.4, -0.2) is 36.0 Å². The lowest BCUT2D eigenvalue weighted by Crippen LogP contribution is -2.27. The number of halogens is 4. The molecule has 1 fully saturated rings. The second-order valence-electron chi connectivity index (χ2n) is 5.59. The molecule has 1 saturated heterocycles. The van der Waals surface area contributed by atoms with Crippen molar-refractivity contribution in [2.45, 2.75) is 18.8 Å². The third kappa shape index (κ3) is 5.27. The predicted molar refractivity (Wildman–Crippen MR) is 107 cm³/mol. The number of nitrogens with one attached hydrogen (secondary N) is 2. The molecule has 144 valence electrons. The molecule has 1 amide bonds. The first-order valence-corrected chi connectivity index (χ1v) is 7.74. The Morgan fingerprint density at radius 3 is 2.42 bits per heavy atom. The Hall–Kier alpha value is -1.47. The highest BCUT2D eigenvalue weighted by molar-refractivity contribution is 5.94. The van der Waals surface area contributed by atoms with Gasteiger partial charge in [-0.2, -0.15) is 0 Å². The van der Waals surface area contributed by atoms with Gasteiger partial charge >= 0.3 is 0 Å². The Morgan fingerprint density at radius 2 is 1.81 bits per heavy atom. The van der Waals surface area contributed by atoms with E-state index in [-0.39, 0.29) is 42.8 Å². The fraction of sp³-hybridized carbons (Fsp3) is 0.353. The average molecular weight is 424 g/mol. The number of hydrogen-bond donors (Lipinski definition) is 2. The molecular weight excluding hydrogens is 402 g/mol. The van der Waals surface area contributed by atoms with E-state index >= 15 is 0 Å². The lowest BCUT2D eigenvalue weighted by atomic mass is 9.91. The highest BCUT2D eigenvalue weighted by atomic mass is 35.5. The van der Waals surface area contributed by atoms with Crippen LogP contribution in [0, 0.1) is 5.82 Å². The van der Waals surface area contributed by atoms with Gasteiger partial charge in [0.2, 0.25) is 0 Å². The standard InChI is InChI=1S/C17H19FN4O.3ClH/c1-19-17(23)13-3-2-12(10-14(13)18)16-15(21-8-9-22-16)11-4-6-20-7-5-11;;;/h2-3,8-11,20H,4-7H2,1H3,(H,19,23);3*1H. The Balaban J connectivity index is 0.00000208. The molecule has 1 aliphatic heterocycles. The first-order valence-electron chi connectivity index (χ1n) is 7.74. The summed E-state index contributed by atoms with van der Waals surface area (Å²) in [6, 6.07) is 4.58. The van der Waals surface area contributed by atoms with Crippen molar-refractivity contribution in [1.82, 2.24) is 20.6 Å². The first-order chi connectivity index (χ1) is 11.2.